The third-order valence-corrected chi connectivity index (χ3v) is 3.07. The molecule has 3 nitrogen and oxygen atoms in total. The highest BCUT2D eigenvalue weighted by atomic mass is 16.2. The molecule has 0 bridgehead atoms. The van der Waals surface area contributed by atoms with E-state index in [1.807, 2.05) is 42.2 Å². The van der Waals surface area contributed by atoms with E-state index in [0.29, 0.717) is 19.6 Å². The van der Waals surface area contributed by atoms with Crippen molar-refractivity contribution in [2.75, 3.05) is 13.1 Å². The second-order valence-corrected chi connectivity index (χ2v) is 4.72. The van der Waals surface area contributed by atoms with E-state index < -0.39 is 0 Å². The highest BCUT2D eigenvalue weighted by Crippen LogP contribution is 2.12. The van der Waals surface area contributed by atoms with Gasteiger partial charge in [0, 0.05) is 25.6 Å². The van der Waals surface area contributed by atoms with Crippen LogP contribution in [-0.4, -0.2) is 23.9 Å². The molecular weight excluding hydrogens is 224 g/mol. The van der Waals surface area contributed by atoms with Gasteiger partial charge in [0.1, 0.15) is 0 Å². The summed E-state index contributed by atoms with van der Waals surface area (Å²) in [5, 5.41) is 0. The molecule has 100 valence electrons. The molecule has 0 spiro atoms. The number of carbonyl (C=O) groups is 1. The number of hydrogen-bond donors (Lipinski definition) is 1. The van der Waals surface area contributed by atoms with Crippen molar-refractivity contribution in [1.82, 2.24) is 4.90 Å². The average molecular weight is 248 g/mol. The van der Waals surface area contributed by atoms with Gasteiger partial charge in [-0.2, -0.15) is 0 Å². The van der Waals surface area contributed by atoms with Gasteiger partial charge >= 0.3 is 0 Å². The summed E-state index contributed by atoms with van der Waals surface area (Å²) < 4.78 is 0. The van der Waals surface area contributed by atoms with E-state index in [-0.39, 0.29) is 11.8 Å². The van der Waals surface area contributed by atoms with Gasteiger partial charge in [0.15, 0.2) is 0 Å². The molecule has 0 fully saturated rings. The number of rotatable bonds is 7. The summed E-state index contributed by atoms with van der Waals surface area (Å²) in [5.41, 5.74) is 6.76. The first-order valence-corrected chi connectivity index (χ1v) is 6.71. The molecular formula is C15H24N2O. The minimum atomic E-state index is 0.0882. The Hall–Kier alpha value is -1.35. The highest BCUT2D eigenvalue weighted by molar-refractivity contribution is 5.78. The molecule has 1 atom stereocenters. The van der Waals surface area contributed by atoms with Crippen molar-refractivity contribution >= 4 is 5.91 Å². The van der Waals surface area contributed by atoms with Crippen LogP contribution < -0.4 is 5.73 Å². The van der Waals surface area contributed by atoms with E-state index in [9.17, 15) is 4.79 Å². The Morgan fingerprint density at radius 2 is 2.00 bits per heavy atom. The number of carbonyl (C=O) groups excluding carboxylic acids is 1. The third kappa shape index (κ3) is 4.49. The van der Waals surface area contributed by atoms with Gasteiger partial charge in [0.2, 0.25) is 5.91 Å². The molecule has 1 unspecified atom stereocenters. The predicted octanol–water partition coefficient (Wildman–Crippen LogP) is 2.41. The van der Waals surface area contributed by atoms with Gasteiger partial charge in [0.05, 0.1) is 0 Å². The normalized spacial score (nSPS) is 12.2. The predicted molar refractivity (Wildman–Crippen MR) is 75.0 cm³/mol. The zero-order chi connectivity index (χ0) is 13.4. The standard InChI is InChI=1S/C15H24N2O/c1-3-7-13(2)15(18)17(11-10-16)12-14-8-5-4-6-9-14/h4-6,8-9,13H,3,7,10-12,16H2,1-2H3. The van der Waals surface area contributed by atoms with Crippen molar-refractivity contribution < 1.29 is 4.79 Å². The van der Waals surface area contributed by atoms with Gasteiger partial charge in [-0.3, -0.25) is 4.79 Å². The van der Waals surface area contributed by atoms with Crippen molar-refractivity contribution in [3.63, 3.8) is 0 Å². The van der Waals surface area contributed by atoms with E-state index in [0.717, 1.165) is 18.4 Å². The fourth-order valence-electron chi connectivity index (χ4n) is 2.09. The van der Waals surface area contributed by atoms with E-state index in [1.165, 1.54) is 0 Å². The molecule has 0 saturated carbocycles. The van der Waals surface area contributed by atoms with Crippen LogP contribution >= 0.6 is 0 Å². The van der Waals surface area contributed by atoms with Crippen LogP contribution in [-0.2, 0) is 11.3 Å². The molecule has 0 aliphatic heterocycles. The van der Waals surface area contributed by atoms with Gasteiger partial charge in [-0.15, -0.1) is 0 Å². The van der Waals surface area contributed by atoms with Crippen molar-refractivity contribution in [3.8, 4) is 0 Å². The lowest BCUT2D eigenvalue weighted by molar-refractivity contribution is -0.135. The molecule has 3 heteroatoms. The number of amides is 1. The minimum absolute atomic E-state index is 0.0882. The maximum Gasteiger partial charge on any atom is 0.225 e. The molecule has 2 N–H and O–H groups in total. The average Bonchev–Trinajstić information content (AvgIpc) is 2.39. The lowest BCUT2D eigenvalue weighted by Gasteiger charge is -2.25. The second-order valence-electron chi connectivity index (χ2n) is 4.72. The Labute approximate surface area is 110 Å². The first-order chi connectivity index (χ1) is 8.69. The van der Waals surface area contributed by atoms with Crippen LogP contribution in [0.2, 0.25) is 0 Å². The quantitative estimate of drug-likeness (QED) is 0.805. The Bertz CT molecular complexity index is 351. The van der Waals surface area contributed by atoms with Crippen molar-refractivity contribution in [1.29, 1.82) is 0 Å². The number of hydrogen-bond acceptors (Lipinski definition) is 2. The molecule has 1 aromatic carbocycles. The minimum Gasteiger partial charge on any atom is -0.337 e. The van der Waals surface area contributed by atoms with Crippen LogP contribution in [0, 0.1) is 5.92 Å². The van der Waals surface area contributed by atoms with E-state index in [4.69, 9.17) is 5.73 Å². The molecule has 0 saturated heterocycles. The molecule has 0 aromatic heterocycles. The molecule has 1 aromatic rings. The summed E-state index contributed by atoms with van der Waals surface area (Å²) in [5.74, 6) is 0.302. The molecule has 0 radical (unpaired) electrons. The highest BCUT2D eigenvalue weighted by Gasteiger charge is 2.19. The zero-order valence-corrected chi connectivity index (χ0v) is 11.4. The number of nitrogens with zero attached hydrogens (tertiary/aromatic N) is 1. The smallest absolute Gasteiger partial charge is 0.225 e. The van der Waals surface area contributed by atoms with Crippen LogP contribution in [0.25, 0.3) is 0 Å². The van der Waals surface area contributed by atoms with Gasteiger partial charge in [-0.25, -0.2) is 0 Å². The number of nitrogens with two attached hydrogens (primary N) is 1. The van der Waals surface area contributed by atoms with Crippen molar-refractivity contribution in [3.05, 3.63) is 35.9 Å². The lowest BCUT2D eigenvalue weighted by atomic mass is 10.0. The molecule has 0 aliphatic rings. The summed E-state index contributed by atoms with van der Waals surface area (Å²) in [6, 6.07) is 10.1. The van der Waals surface area contributed by atoms with Crippen LogP contribution in [0.5, 0.6) is 0 Å². The fraction of sp³-hybridized carbons (Fsp3) is 0.533. The Kier molecular flexibility index (Phi) is 6.44. The Balaban J connectivity index is 2.67. The summed E-state index contributed by atoms with van der Waals surface area (Å²) in [6.07, 6.45) is 1.98. The van der Waals surface area contributed by atoms with Gasteiger partial charge < -0.3 is 10.6 Å². The van der Waals surface area contributed by atoms with Crippen molar-refractivity contribution in [2.45, 2.75) is 33.2 Å². The third-order valence-electron chi connectivity index (χ3n) is 3.07. The SMILES string of the molecule is CCCC(C)C(=O)N(CCN)Cc1ccccc1. The van der Waals surface area contributed by atoms with Gasteiger partial charge in [-0.05, 0) is 12.0 Å². The van der Waals surface area contributed by atoms with E-state index >= 15 is 0 Å². The molecule has 18 heavy (non-hydrogen) atoms. The second kappa shape index (κ2) is 7.88. The maximum absolute atomic E-state index is 12.3. The summed E-state index contributed by atoms with van der Waals surface area (Å²) in [4.78, 5) is 14.2. The summed E-state index contributed by atoms with van der Waals surface area (Å²) in [7, 11) is 0. The van der Waals surface area contributed by atoms with Crippen LogP contribution in [0.3, 0.4) is 0 Å². The van der Waals surface area contributed by atoms with Crippen LogP contribution in [0.1, 0.15) is 32.3 Å². The number of benzene rings is 1. The largest absolute Gasteiger partial charge is 0.337 e. The Morgan fingerprint density at radius 3 is 2.56 bits per heavy atom. The summed E-state index contributed by atoms with van der Waals surface area (Å²) >= 11 is 0. The summed E-state index contributed by atoms with van der Waals surface area (Å²) in [6.45, 7) is 5.90. The van der Waals surface area contributed by atoms with Crippen molar-refractivity contribution in [2.24, 2.45) is 11.7 Å². The molecule has 1 amide bonds. The van der Waals surface area contributed by atoms with E-state index in [2.05, 4.69) is 6.92 Å². The first-order valence-electron chi connectivity index (χ1n) is 6.71. The van der Waals surface area contributed by atoms with E-state index in [1.54, 1.807) is 0 Å². The maximum atomic E-state index is 12.3. The first kappa shape index (κ1) is 14.7. The van der Waals surface area contributed by atoms with Gasteiger partial charge in [0.25, 0.3) is 0 Å². The molecule has 1 rings (SSSR count). The monoisotopic (exact) mass is 248 g/mol. The fourth-order valence-corrected chi connectivity index (χ4v) is 2.09. The molecule has 0 heterocycles. The lowest BCUT2D eigenvalue weighted by Crippen LogP contribution is -2.38. The Morgan fingerprint density at radius 1 is 1.33 bits per heavy atom. The zero-order valence-electron chi connectivity index (χ0n) is 11.4. The van der Waals surface area contributed by atoms with Crippen LogP contribution in [0.15, 0.2) is 30.3 Å². The van der Waals surface area contributed by atoms with Crippen LogP contribution in [0.4, 0.5) is 0 Å². The van der Waals surface area contributed by atoms with Gasteiger partial charge in [-0.1, -0.05) is 50.6 Å². The topological polar surface area (TPSA) is 46.3 Å². The molecule has 0 aliphatic carbocycles.